The van der Waals surface area contributed by atoms with Crippen LogP contribution >= 0.6 is 34.8 Å². The highest BCUT2D eigenvalue weighted by Crippen LogP contribution is 2.43. The van der Waals surface area contributed by atoms with Crippen molar-refractivity contribution in [1.82, 2.24) is 9.55 Å². The molecule has 4 atom stereocenters. The van der Waals surface area contributed by atoms with E-state index in [1.54, 1.807) is 0 Å². The predicted octanol–water partition coefficient (Wildman–Crippen LogP) is 6.42. The first-order chi connectivity index (χ1) is 19.1. The highest BCUT2D eigenvalue weighted by molar-refractivity contribution is 6.74. The first-order valence-electron chi connectivity index (χ1n) is 14.0. The van der Waals surface area contributed by atoms with Gasteiger partial charge in [-0.15, -0.1) is 0 Å². The fourth-order valence-electron chi connectivity index (χ4n) is 3.52. The number of halogens is 3. The second-order valence-corrected chi connectivity index (χ2v) is 26.2. The molecule has 0 aromatic carbocycles. The van der Waals surface area contributed by atoms with Crippen LogP contribution in [0.4, 0.5) is 10.6 Å². The number of ether oxygens (including phenoxy) is 2. The molecule has 2 N–H and O–H groups in total. The van der Waals surface area contributed by atoms with Gasteiger partial charge in [0.25, 0.3) is 0 Å². The van der Waals surface area contributed by atoms with E-state index in [1.807, 2.05) is 0 Å². The lowest BCUT2D eigenvalue weighted by atomic mass is 10.1. The fourth-order valence-corrected chi connectivity index (χ4v) is 5.97. The van der Waals surface area contributed by atoms with Gasteiger partial charge in [0.1, 0.15) is 18.3 Å². The molecule has 246 valence electrons. The van der Waals surface area contributed by atoms with Gasteiger partial charge in [0.15, 0.2) is 40.6 Å². The van der Waals surface area contributed by atoms with Crippen molar-refractivity contribution in [3.05, 3.63) is 22.2 Å². The van der Waals surface area contributed by atoms with E-state index in [0.29, 0.717) is 6.29 Å². The quantitative estimate of drug-likeness (QED) is 0.170. The zero-order valence-corrected chi connectivity index (χ0v) is 31.3. The maximum atomic E-state index is 13.2. The summed E-state index contributed by atoms with van der Waals surface area (Å²) in [7, 11) is -4.63. The summed E-state index contributed by atoms with van der Waals surface area (Å²) in [6.45, 7) is 23.8. The fraction of sp³-hybridized carbons (Fsp3) is 0.778. The van der Waals surface area contributed by atoms with E-state index >= 15 is 0 Å². The molecule has 0 unspecified atom stereocenters. The van der Waals surface area contributed by atoms with Crippen molar-refractivity contribution >= 4 is 69.6 Å². The number of anilines is 1. The number of nitrogens with zero attached hydrogens (tertiary/aromatic N) is 2. The third-order valence-electron chi connectivity index (χ3n) is 8.59. The van der Waals surface area contributed by atoms with Crippen LogP contribution in [0, 0.1) is 0 Å². The Morgan fingerprint density at radius 1 is 1.07 bits per heavy atom. The Labute approximate surface area is 271 Å². The van der Waals surface area contributed by atoms with Gasteiger partial charge in [0.2, 0.25) is 3.79 Å². The number of hydrogen-bond acceptors (Lipinski definition) is 9. The Balaban J connectivity index is 2.45. The van der Waals surface area contributed by atoms with Crippen molar-refractivity contribution in [2.75, 3.05) is 11.9 Å². The second-order valence-electron chi connectivity index (χ2n) is 14.3. The number of aliphatic hydroxyl groups is 1. The van der Waals surface area contributed by atoms with Crippen LogP contribution in [-0.4, -0.2) is 78.0 Å². The van der Waals surface area contributed by atoms with Gasteiger partial charge in [-0.1, -0.05) is 76.3 Å². The van der Waals surface area contributed by atoms with Crippen LogP contribution in [0.1, 0.15) is 72.0 Å². The smallest absolute Gasteiger partial charge is 0.413 e. The molecule has 2 heterocycles. The molecule has 16 heteroatoms. The minimum absolute atomic E-state index is 0.0723. The maximum Gasteiger partial charge on any atom is 0.413 e. The number of carbonyl (C=O) groups is 2. The van der Waals surface area contributed by atoms with Crippen molar-refractivity contribution in [2.45, 2.75) is 126 Å². The topological polar surface area (TPSA) is 138 Å². The standard InChI is InChI=1S/C27H46Cl3N3O8Si2/c1-24(2,3)42(9,10)38-15-17-19(41-43(11,12)25(4,5)6)18(35)21(39-17)33-13-16(14-34)20(31-22(33)36)32-23(37)40-26(7,8)27(28,29)30/h13-14,17-19,21,35H,15H2,1-12H3,(H,31,32,36,37)/t17-,18-,19-,21-/m1/s1. The maximum absolute atomic E-state index is 13.2. The molecule has 0 aliphatic carbocycles. The Hall–Kier alpha value is -1.04. The molecule has 11 nitrogen and oxygen atoms in total. The normalized spacial score (nSPS) is 22.4. The summed E-state index contributed by atoms with van der Waals surface area (Å²) in [5.74, 6) is -0.374. The van der Waals surface area contributed by atoms with Crippen LogP contribution < -0.4 is 11.0 Å². The lowest BCUT2D eigenvalue weighted by molar-refractivity contribution is -0.0528. The number of amides is 1. The number of aldehydes is 1. The van der Waals surface area contributed by atoms with Gasteiger partial charge >= 0.3 is 11.8 Å². The number of rotatable bonds is 9. The number of hydrogen-bond donors (Lipinski definition) is 2. The number of carbonyl (C=O) groups excluding carboxylic acids is 2. The molecule has 0 bridgehead atoms. The highest BCUT2D eigenvalue weighted by Gasteiger charge is 2.51. The highest BCUT2D eigenvalue weighted by atomic mass is 35.6. The Morgan fingerprint density at radius 2 is 1.60 bits per heavy atom. The molecule has 1 amide bonds. The van der Waals surface area contributed by atoms with Crippen LogP contribution in [-0.2, 0) is 18.3 Å². The molecule has 0 spiro atoms. The third kappa shape index (κ3) is 8.82. The molecule has 1 saturated heterocycles. The SMILES string of the molecule is CC(C)(OC(=O)Nc1nc(=O)n([C@@H]2O[C@H](CO[Si](C)(C)C(C)(C)C)[C@@H](O[Si](C)(C)C(C)(C)C)[C@H]2O)cc1C=O)C(Cl)(Cl)Cl. The van der Waals surface area contributed by atoms with E-state index < -0.39 is 62.4 Å². The van der Waals surface area contributed by atoms with Crippen LogP contribution in [0.3, 0.4) is 0 Å². The average Bonchev–Trinajstić information content (AvgIpc) is 3.10. The van der Waals surface area contributed by atoms with Crippen LogP contribution in [0.2, 0.25) is 36.3 Å². The third-order valence-corrected chi connectivity index (χ3v) is 18.9. The Bertz CT molecular complexity index is 1240. The molecule has 1 aliphatic heterocycles. The van der Waals surface area contributed by atoms with E-state index in [0.717, 1.165) is 10.8 Å². The van der Waals surface area contributed by atoms with Crippen molar-refractivity contribution in [2.24, 2.45) is 0 Å². The molecule has 1 fully saturated rings. The second kappa shape index (κ2) is 13.0. The molecule has 0 saturated carbocycles. The number of nitrogens with one attached hydrogen (secondary N) is 1. The number of alkyl halides is 3. The van der Waals surface area contributed by atoms with Crippen molar-refractivity contribution in [1.29, 1.82) is 0 Å². The van der Waals surface area contributed by atoms with Gasteiger partial charge in [0.05, 0.1) is 12.2 Å². The van der Waals surface area contributed by atoms with E-state index in [1.165, 1.54) is 13.8 Å². The van der Waals surface area contributed by atoms with Crippen molar-refractivity contribution in [3.63, 3.8) is 0 Å². The lowest BCUT2D eigenvalue weighted by Gasteiger charge is -2.41. The van der Waals surface area contributed by atoms with E-state index in [9.17, 15) is 19.5 Å². The molecular weight excluding hydrogens is 657 g/mol. The summed E-state index contributed by atoms with van der Waals surface area (Å²) >= 11 is 17.6. The van der Waals surface area contributed by atoms with Gasteiger partial charge in [-0.2, -0.15) is 4.98 Å². The Kier molecular flexibility index (Phi) is 11.5. The summed E-state index contributed by atoms with van der Waals surface area (Å²) in [6, 6.07) is 0. The molecule has 0 radical (unpaired) electrons. The molecule has 43 heavy (non-hydrogen) atoms. The van der Waals surface area contributed by atoms with Gasteiger partial charge in [-0.25, -0.2) is 9.59 Å². The van der Waals surface area contributed by atoms with E-state index in [4.69, 9.17) is 53.1 Å². The van der Waals surface area contributed by atoms with Crippen molar-refractivity contribution in [3.8, 4) is 0 Å². The zero-order chi connectivity index (χ0) is 33.6. The Morgan fingerprint density at radius 3 is 2.07 bits per heavy atom. The summed E-state index contributed by atoms with van der Waals surface area (Å²) in [4.78, 5) is 41.6. The zero-order valence-electron chi connectivity index (χ0n) is 27.0. The van der Waals surface area contributed by atoms with Crippen LogP contribution in [0.15, 0.2) is 11.0 Å². The lowest BCUT2D eigenvalue weighted by Crippen LogP contribution is -2.51. The minimum Gasteiger partial charge on any atom is -0.439 e. The van der Waals surface area contributed by atoms with Crippen molar-refractivity contribution < 1.29 is 33.0 Å². The van der Waals surface area contributed by atoms with Crippen LogP contribution in [0.5, 0.6) is 0 Å². The molecule has 1 aliphatic rings. The minimum atomic E-state index is -2.42. The first kappa shape index (κ1) is 38.1. The summed E-state index contributed by atoms with van der Waals surface area (Å²) in [6.07, 6.45) is -3.65. The first-order valence-corrected chi connectivity index (χ1v) is 20.9. The van der Waals surface area contributed by atoms with E-state index in [2.05, 4.69) is 78.0 Å². The molecular formula is C27H46Cl3N3O8Si2. The number of aromatic nitrogens is 2. The van der Waals surface area contributed by atoms with Gasteiger partial charge in [-0.3, -0.25) is 14.7 Å². The molecule has 1 aromatic heterocycles. The van der Waals surface area contributed by atoms with Gasteiger partial charge in [0, 0.05) is 6.20 Å². The van der Waals surface area contributed by atoms with E-state index in [-0.39, 0.29) is 28.1 Å². The predicted molar refractivity (Wildman–Crippen MR) is 173 cm³/mol. The van der Waals surface area contributed by atoms with Crippen LogP contribution in [0.25, 0.3) is 0 Å². The molecule has 1 aromatic rings. The average molecular weight is 703 g/mol. The summed E-state index contributed by atoms with van der Waals surface area (Å²) in [5.41, 5.74) is -2.63. The summed E-state index contributed by atoms with van der Waals surface area (Å²) < 4.78 is 23.5. The van der Waals surface area contributed by atoms with Gasteiger partial charge < -0.3 is 23.4 Å². The monoisotopic (exact) mass is 701 g/mol. The van der Waals surface area contributed by atoms with Gasteiger partial charge in [-0.05, 0) is 50.1 Å². The number of aliphatic hydroxyl groups excluding tert-OH is 1. The largest absolute Gasteiger partial charge is 0.439 e. The summed E-state index contributed by atoms with van der Waals surface area (Å²) in [5, 5.41) is 13.5. The molecule has 2 rings (SSSR count).